The Labute approximate surface area is 159 Å². The van der Waals surface area contributed by atoms with Gasteiger partial charge in [-0.15, -0.1) is 12.4 Å². The second kappa shape index (κ2) is 8.29. The van der Waals surface area contributed by atoms with Crippen LogP contribution in [0.5, 0.6) is 5.75 Å². The molecule has 7 heteroatoms. The first-order chi connectivity index (χ1) is 12.0. The molecule has 0 bridgehead atoms. The van der Waals surface area contributed by atoms with Crippen LogP contribution in [0, 0.1) is 12.3 Å². The van der Waals surface area contributed by atoms with E-state index in [-0.39, 0.29) is 24.4 Å². The Morgan fingerprint density at radius 2 is 2.08 bits per heavy atom. The molecule has 6 nitrogen and oxygen atoms in total. The maximum atomic E-state index is 12.9. The molecule has 3 N–H and O–H groups in total. The third kappa shape index (κ3) is 3.68. The van der Waals surface area contributed by atoms with Crippen LogP contribution in [0.25, 0.3) is 11.0 Å². The largest absolute Gasteiger partial charge is 0.497 e. The Hall–Kier alpha value is -1.76. The van der Waals surface area contributed by atoms with Crippen LogP contribution in [0.15, 0.2) is 22.6 Å². The van der Waals surface area contributed by atoms with Crippen molar-refractivity contribution in [2.75, 3.05) is 26.9 Å². The first-order valence-electron chi connectivity index (χ1n) is 8.66. The normalized spacial score (nSPS) is 17.4. The van der Waals surface area contributed by atoms with Gasteiger partial charge in [0.15, 0.2) is 0 Å². The number of hydrogen-bond acceptors (Lipinski definition) is 5. The summed E-state index contributed by atoms with van der Waals surface area (Å²) >= 11 is 0. The van der Waals surface area contributed by atoms with E-state index in [2.05, 4.69) is 5.32 Å². The maximum Gasteiger partial charge on any atom is 0.228 e. The number of rotatable bonds is 5. The van der Waals surface area contributed by atoms with Crippen molar-refractivity contribution in [3.63, 3.8) is 0 Å². The SMILES string of the molecule is COc1ccc2oc(C(C)NC(=O)C3(CN)CCOCC3)c(C)c2c1.Cl. The summed E-state index contributed by atoms with van der Waals surface area (Å²) in [6.07, 6.45) is 1.30. The van der Waals surface area contributed by atoms with Crippen molar-refractivity contribution in [1.29, 1.82) is 0 Å². The number of benzene rings is 1. The fourth-order valence-electron chi connectivity index (χ4n) is 3.46. The van der Waals surface area contributed by atoms with Gasteiger partial charge < -0.3 is 24.9 Å². The average Bonchev–Trinajstić information content (AvgIpc) is 2.98. The molecule has 1 aromatic heterocycles. The molecule has 1 aromatic carbocycles. The number of ether oxygens (including phenoxy) is 2. The van der Waals surface area contributed by atoms with Gasteiger partial charge in [0.2, 0.25) is 5.91 Å². The van der Waals surface area contributed by atoms with Crippen LogP contribution in [0.3, 0.4) is 0 Å². The molecule has 1 aliphatic heterocycles. The van der Waals surface area contributed by atoms with Gasteiger partial charge in [-0.3, -0.25) is 4.79 Å². The van der Waals surface area contributed by atoms with Gasteiger partial charge in [0.25, 0.3) is 0 Å². The van der Waals surface area contributed by atoms with Crippen LogP contribution >= 0.6 is 12.4 Å². The lowest BCUT2D eigenvalue weighted by molar-refractivity contribution is -0.136. The van der Waals surface area contributed by atoms with Crippen LogP contribution in [0.4, 0.5) is 0 Å². The minimum absolute atomic E-state index is 0. The molecule has 0 radical (unpaired) electrons. The molecule has 0 spiro atoms. The molecule has 144 valence electrons. The minimum atomic E-state index is -0.546. The van der Waals surface area contributed by atoms with E-state index >= 15 is 0 Å². The van der Waals surface area contributed by atoms with Crippen molar-refractivity contribution in [2.24, 2.45) is 11.1 Å². The van der Waals surface area contributed by atoms with E-state index in [1.165, 1.54) is 0 Å². The molecule has 2 heterocycles. The fraction of sp³-hybridized carbons (Fsp3) is 0.526. The molecule has 1 fully saturated rings. The summed E-state index contributed by atoms with van der Waals surface area (Å²) in [6, 6.07) is 5.46. The average molecular weight is 383 g/mol. The molecule has 1 saturated heterocycles. The molecule has 1 unspecified atom stereocenters. The summed E-state index contributed by atoms with van der Waals surface area (Å²) in [5, 5.41) is 4.08. The van der Waals surface area contributed by atoms with Gasteiger partial charge in [-0.25, -0.2) is 0 Å². The van der Waals surface area contributed by atoms with E-state index < -0.39 is 5.41 Å². The van der Waals surface area contributed by atoms with Crippen LogP contribution in [0.1, 0.15) is 37.1 Å². The second-order valence-electron chi connectivity index (χ2n) is 6.75. The topological polar surface area (TPSA) is 86.7 Å². The number of fused-ring (bicyclic) bond motifs is 1. The zero-order valence-corrected chi connectivity index (χ0v) is 16.3. The van der Waals surface area contributed by atoms with Gasteiger partial charge in [0.1, 0.15) is 17.1 Å². The molecule has 3 rings (SSSR count). The highest BCUT2D eigenvalue weighted by molar-refractivity contribution is 5.86. The van der Waals surface area contributed by atoms with Gasteiger partial charge >= 0.3 is 0 Å². The molecular weight excluding hydrogens is 356 g/mol. The number of carbonyl (C=O) groups excluding carboxylic acids is 1. The highest BCUT2D eigenvalue weighted by atomic mass is 35.5. The van der Waals surface area contributed by atoms with E-state index in [9.17, 15) is 4.79 Å². The molecule has 26 heavy (non-hydrogen) atoms. The smallest absolute Gasteiger partial charge is 0.228 e. The van der Waals surface area contributed by atoms with E-state index in [1.807, 2.05) is 32.0 Å². The summed E-state index contributed by atoms with van der Waals surface area (Å²) in [7, 11) is 1.64. The maximum absolute atomic E-state index is 12.9. The van der Waals surface area contributed by atoms with Crippen molar-refractivity contribution >= 4 is 29.3 Å². The molecule has 1 aliphatic rings. The third-order valence-electron chi connectivity index (χ3n) is 5.24. The van der Waals surface area contributed by atoms with Crippen molar-refractivity contribution in [3.05, 3.63) is 29.5 Å². The first kappa shape index (κ1) is 20.6. The molecular formula is C19H27ClN2O4. The molecule has 1 atom stereocenters. The first-order valence-corrected chi connectivity index (χ1v) is 8.66. The Kier molecular flexibility index (Phi) is 6.55. The Morgan fingerprint density at radius 3 is 2.69 bits per heavy atom. The number of nitrogens with two attached hydrogens (primary N) is 1. The van der Waals surface area contributed by atoms with Gasteiger partial charge in [-0.2, -0.15) is 0 Å². The quantitative estimate of drug-likeness (QED) is 0.829. The van der Waals surface area contributed by atoms with Crippen molar-refractivity contribution in [2.45, 2.75) is 32.7 Å². The van der Waals surface area contributed by atoms with Crippen LogP contribution in [-0.2, 0) is 9.53 Å². The number of nitrogens with one attached hydrogen (secondary N) is 1. The van der Waals surface area contributed by atoms with Crippen molar-refractivity contribution < 1.29 is 18.7 Å². The Balaban J connectivity index is 0.00000243. The zero-order chi connectivity index (χ0) is 18.0. The number of carbonyl (C=O) groups is 1. The van der Waals surface area contributed by atoms with Gasteiger partial charge in [0.05, 0.1) is 18.6 Å². The number of furan rings is 1. The summed E-state index contributed by atoms with van der Waals surface area (Å²) in [6.45, 7) is 5.40. The lowest BCUT2D eigenvalue weighted by atomic mass is 9.79. The Bertz CT molecular complexity index is 768. The van der Waals surface area contributed by atoms with Gasteiger partial charge in [-0.1, -0.05) is 0 Å². The number of amides is 1. The Morgan fingerprint density at radius 1 is 1.38 bits per heavy atom. The second-order valence-corrected chi connectivity index (χ2v) is 6.75. The standard InChI is InChI=1S/C19H26N2O4.ClH/c1-12-15-10-14(23-3)4-5-16(15)25-17(12)13(2)21-18(22)19(11-20)6-8-24-9-7-19;/h4-5,10,13H,6-9,11,20H2,1-3H3,(H,21,22);1H. The monoisotopic (exact) mass is 382 g/mol. The molecule has 2 aromatic rings. The molecule has 0 aliphatic carbocycles. The number of hydrogen-bond donors (Lipinski definition) is 2. The highest BCUT2D eigenvalue weighted by Crippen LogP contribution is 2.34. The lowest BCUT2D eigenvalue weighted by Gasteiger charge is -2.35. The number of aryl methyl sites for hydroxylation is 1. The summed E-state index contributed by atoms with van der Waals surface area (Å²) in [5.41, 5.74) is 7.17. The van der Waals surface area contributed by atoms with Crippen LogP contribution in [-0.4, -0.2) is 32.8 Å². The summed E-state index contributed by atoms with van der Waals surface area (Å²) in [4.78, 5) is 12.9. The molecule has 1 amide bonds. The number of methoxy groups -OCH3 is 1. The van der Waals surface area contributed by atoms with E-state index in [0.717, 1.165) is 28.0 Å². The van der Waals surface area contributed by atoms with E-state index in [1.54, 1.807) is 7.11 Å². The summed E-state index contributed by atoms with van der Waals surface area (Å²) < 4.78 is 16.7. The fourth-order valence-corrected chi connectivity index (χ4v) is 3.46. The van der Waals surface area contributed by atoms with E-state index in [4.69, 9.17) is 19.6 Å². The van der Waals surface area contributed by atoms with E-state index in [0.29, 0.717) is 32.6 Å². The van der Waals surface area contributed by atoms with Crippen molar-refractivity contribution in [3.8, 4) is 5.75 Å². The number of halogens is 1. The van der Waals surface area contributed by atoms with Crippen molar-refractivity contribution in [1.82, 2.24) is 5.32 Å². The minimum Gasteiger partial charge on any atom is -0.497 e. The van der Waals surface area contributed by atoms with Crippen LogP contribution in [0.2, 0.25) is 0 Å². The predicted octanol–water partition coefficient (Wildman–Crippen LogP) is 3.10. The molecule has 0 saturated carbocycles. The summed E-state index contributed by atoms with van der Waals surface area (Å²) in [5.74, 6) is 1.52. The predicted molar refractivity (Wildman–Crippen MR) is 103 cm³/mol. The van der Waals surface area contributed by atoms with Crippen LogP contribution < -0.4 is 15.8 Å². The zero-order valence-electron chi connectivity index (χ0n) is 15.5. The lowest BCUT2D eigenvalue weighted by Crippen LogP contribution is -2.49. The van der Waals surface area contributed by atoms with Gasteiger partial charge in [0, 0.05) is 30.7 Å². The van der Waals surface area contributed by atoms with Gasteiger partial charge in [-0.05, 0) is 44.9 Å². The third-order valence-corrected chi connectivity index (χ3v) is 5.24. The highest BCUT2D eigenvalue weighted by Gasteiger charge is 2.39.